The summed E-state index contributed by atoms with van der Waals surface area (Å²) >= 11 is 0. The Morgan fingerprint density at radius 3 is 3.12 bits per heavy atom. The van der Waals surface area contributed by atoms with Crippen molar-refractivity contribution in [2.75, 3.05) is 6.61 Å². The third-order valence-corrected chi connectivity index (χ3v) is 4.06. The standard InChI is InChI=1S/C14H22N2O/c1-2-8-14-13(7-1)15-11-16(14)9-3-5-12-6-4-10-17-12/h11-12H,1-10H2. The van der Waals surface area contributed by atoms with Crippen LogP contribution in [0.15, 0.2) is 6.33 Å². The average Bonchev–Trinajstić information content (AvgIpc) is 2.99. The van der Waals surface area contributed by atoms with E-state index in [2.05, 4.69) is 9.55 Å². The van der Waals surface area contributed by atoms with Gasteiger partial charge in [-0.25, -0.2) is 4.98 Å². The van der Waals surface area contributed by atoms with Gasteiger partial charge in [0.15, 0.2) is 0 Å². The smallest absolute Gasteiger partial charge is 0.0951 e. The number of aromatic nitrogens is 2. The molecule has 0 spiro atoms. The largest absolute Gasteiger partial charge is 0.378 e. The van der Waals surface area contributed by atoms with E-state index in [1.165, 1.54) is 62.8 Å². The van der Waals surface area contributed by atoms with Crippen molar-refractivity contribution in [3.05, 3.63) is 17.7 Å². The first-order valence-corrected chi connectivity index (χ1v) is 7.08. The highest BCUT2D eigenvalue weighted by Crippen LogP contribution is 2.21. The van der Waals surface area contributed by atoms with Crippen LogP contribution in [0.5, 0.6) is 0 Å². The van der Waals surface area contributed by atoms with E-state index in [1.54, 1.807) is 0 Å². The van der Waals surface area contributed by atoms with Crippen LogP contribution in [0.1, 0.15) is 49.9 Å². The van der Waals surface area contributed by atoms with Crippen LogP contribution in [-0.2, 0) is 24.1 Å². The van der Waals surface area contributed by atoms with E-state index in [-0.39, 0.29) is 0 Å². The molecule has 3 nitrogen and oxygen atoms in total. The Hall–Kier alpha value is -0.830. The lowest BCUT2D eigenvalue weighted by Gasteiger charge is -2.14. The highest BCUT2D eigenvalue weighted by molar-refractivity contribution is 5.16. The normalized spacial score (nSPS) is 23.9. The Morgan fingerprint density at radius 1 is 1.29 bits per heavy atom. The second kappa shape index (κ2) is 5.21. The van der Waals surface area contributed by atoms with E-state index in [0.29, 0.717) is 6.10 Å². The van der Waals surface area contributed by atoms with Crippen molar-refractivity contribution in [3.63, 3.8) is 0 Å². The van der Waals surface area contributed by atoms with E-state index in [1.807, 2.05) is 6.33 Å². The predicted octanol–water partition coefficient (Wildman–Crippen LogP) is 2.72. The molecule has 1 fully saturated rings. The van der Waals surface area contributed by atoms with Crippen molar-refractivity contribution in [1.29, 1.82) is 0 Å². The first kappa shape index (κ1) is 11.3. The molecule has 17 heavy (non-hydrogen) atoms. The fourth-order valence-corrected chi connectivity index (χ4v) is 3.08. The predicted molar refractivity (Wildman–Crippen MR) is 67.1 cm³/mol. The summed E-state index contributed by atoms with van der Waals surface area (Å²) in [5, 5.41) is 0. The minimum atomic E-state index is 0.536. The number of hydrogen-bond acceptors (Lipinski definition) is 2. The third kappa shape index (κ3) is 2.54. The van der Waals surface area contributed by atoms with Crippen LogP contribution in [0.4, 0.5) is 0 Å². The van der Waals surface area contributed by atoms with Crippen molar-refractivity contribution >= 4 is 0 Å². The monoisotopic (exact) mass is 234 g/mol. The lowest BCUT2D eigenvalue weighted by Crippen LogP contribution is -2.10. The molecule has 1 unspecified atom stereocenters. The molecule has 2 aliphatic rings. The molecule has 0 saturated carbocycles. The quantitative estimate of drug-likeness (QED) is 0.801. The number of rotatable bonds is 4. The summed E-state index contributed by atoms with van der Waals surface area (Å²) in [7, 11) is 0. The topological polar surface area (TPSA) is 27.1 Å². The SMILES string of the molecule is c1nc2c(n1CCCC1CCCO1)CCCC2. The van der Waals surface area contributed by atoms with Gasteiger partial charge in [-0.15, -0.1) is 0 Å². The molecule has 1 aliphatic carbocycles. The van der Waals surface area contributed by atoms with Crippen molar-refractivity contribution < 1.29 is 4.74 Å². The highest BCUT2D eigenvalue weighted by atomic mass is 16.5. The average molecular weight is 234 g/mol. The van der Waals surface area contributed by atoms with Crippen LogP contribution in [0, 0.1) is 0 Å². The minimum Gasteiger partial charge on any atom is -0.378 e. The zero-order valence-corrected chi connectivity index (χ0v) is 10.5. The van der Waals surface area contributed by atoms with E-state index in [9.17, 15) is 0 Å². The van der Waals surface area contributed by atoms with E-state index >= 15 is 0 Å². The molecule has 0 radical (unpaired) electrons. The van der Waals surface area contributed by atoms with Gasteiger partial charge < -0.3 is 9.30 Å². The maximum atomic E-state index is 5.66. The van der Waals surface area contributed by atoms with Gasteiger partial charge in [-0.05, 0) is 51.4 Å². The van der Waals surface area contributed by atoms with Gasteiger partial charge in [0.1, 0.15) is 0 Å². The lowest BCUT2D eigenvalue weighted by molar-refractivity contribution is 0.101. The zero-order chi connectivity index (χ0) is 11.5. The summed E-state index contributed by atoms with van der Waals surface area (Å²) in [6.07, 6.45) is 12.6. The van der Waals surface area contributed by atoms with E-state index in [4.69, 9.17) is 4.74 Å². The summed E-state index contributed by atoms with van der Waals surface area (Å²) in [6, 6.07) is 0. The summed E-state index contributed by atoms with van der Waals surface area (Å²) in [4.78, 5) is 4.54. The van der Waals surface area contributed by atoms with Gasteiger partial charge in [0.25, 0.3) is 0 Å². The van der Waals surface area contributed by atoms with Gasteiger partial charge >= 0.3 is 0 Å². The van der Waals surface area contributed by atoms with Gasteiger partial charge in [-0.3, -0.25) is 0 Å². The van der Waals surface area contributed by atoms with Gasteiger partial charge in [-0.1, -0.05) is 0 Å². The van der Waals surface area contributed by atoms with Crippen LogP contribution in [0.25, 0.3) is 0 Å². The number of imidazole rings is 1. The molecule has 1 aliphatic heterocycles. The van der Waals surface area contributed by atoms with E-state index in [0.717, 1.165) is 13.2 Å². The lowest BCUT2D eigenvalue weighted by atomic mass is 10.0. The summed E-state index contributed by atoms with van der Waals surface area (Å²) < 4.78 is 8.04. The number of fused-ring (bicyclic) bond motifs is 1. The molecular formula is C14H22N2O. The molecule has 0 aromatic carbocycles. The van der Waals surface area contributed by atoms with Gasteiger partial charge in [0.05, 0.1) is 18.1 Å². The second-order valence-corrected chi connectivity index (χ2v) is 5.32. The Labute approximate surface area is 103 Å². The molecule has 0 bridgehead atoms. The number of ether oxygens (including phenoxy) is 1. The second-order valence-electron chi connectivity index (χ2n) is 5.32. The first-order chi connectivity index (χ1) is 8.43. The molecule has 1 aromatic rings. The molecule has 0 amide bonds. The van der Waals surface area contributed by atoms with Gasteiger partial charge in [-0.2, -0.15) is 0 Å². The Morgan fingerprint density at radius 2 is 2.24 bits per heavy atom. The van der Waals surface area contributed by atoms with Crippen molar-refractivity contribution in [2.24, 2.45) is 0 Å². The zero-order valence-electron chi connectivity index (χ0n) is 10.5. The number of aryl methyl sites for hydroxylation is 2. The molecule has 0 N–H and O–H groups in total. The van der Waals surface area contributed by atoms with Crippen LogP contribution < -0.4 is 0 Å². The maximum absolute atomic E-state index is 5.66. The van der Waals surface area contributed by atoms with Crippen LogP contribution in [-0.4, -0.2) is 22.3 Å². The molecular weight excluding hydrogens is 212 g/mol. The summed E-state index contributed by atoms with van der Waals surface area (Å²) in [5.41, 5.74) is 2.86. The van der Waals surface area contributed by atoms with Crippen LogP contribution in [0.3, 0.4) is 0 Å². The van der Waals surface area contributed by atoms with Crippen molar-refractivity contribution in [3.8, 4) is 0 Å². The molecule has 94 valence electrons. The molecule has 1 saturated heterocycles. The molecule has 1 atom stereocenters. The number of hydrogen-bond donors (Lipinski definition) is 0. The van der Waals surface area contributed by atoms with Gasteiger partial charge in [0.2, 0.25) is 0 Å². The van der Waals surface area contributed by atoms with Crippen LogP contribution >= 0.6 is 0 Å². The van der Waals surface area contributed by atoms with Crippen LogP contribution in [0.2, 0.25) is 0 Å². The van der Waals surface area contributed by atoms with Crippen molar-refractivity contribution in [1.82, 2.24) is 9.55 Å². The number of nitrogens with zero attached hydrogens (tertiary/aromatic N) is 2. The Kier molecular flexibility index (Phi) is 3.46. The molecule has 3 heteroatoms. The molecule has 3 rings (SSSR count). The maximum Gasteiger partial charge on any atom is 0.0951 e. The molecule has 1 aromatic heterocycles. The summed E-state index contributed by atoms with van der Waals surface area (Å²) in [6.45, 7) is 2.10. The third-order valence-electron chi connectivity index (χ3n) is 4.06. The Balaban J connectivity index is 1.52. The van der Waals surface area contributed by atoms with Crippen molar-refractivity contribution in [2.45, 2.75) is 64.0 Å². The van der Waals surface area contributed by atoms with Gasteiger partial charge in [0, 0.05) is 18.8 Å². The fraction of sp³-hybridized carbons (Fsp3) is 0.786. The fourth-order valence-electron chi connectivity index (χ4n) is 3.08. The minimum absolute atomic E-state index is 0.536. The summed E-state index contributed by atoms with van der Waals surface area (Å²) in [5.74, 6) is 0. The van der Waals surface area contributed by atoms with E-state index < -0.39 is 0 Å². The molecule has 2 heterocycles. The first-order valence-electron chi connectivity index (χ1n) is 7.08. The highest BCUT2D eigenvalue weighted by Gasteiger charge is 2.17. The Bertz CT molecular complexity index is 366.